The molecule has 3 rings (SSSR count). The molecule has 5 heteroatoms. The van der Waals surface area contributed by atoms with Gasteiger partial charge in [0.25, 0.3) is 0 Å². The first-order chi connectivity index (χ1) is 11.6. The fourth-order valence-electron chi connectivity index (χ4n) is 2.35. The number of nitrogens with one attached hydrogen (secondary N) is 2. The SMILES string of the molecule is Fc1cc(-c2cc(Cl)cc(Cl)c2)ccc1CNNc1ccccc1. The van der Waals surface area contributed by atoms with Crippen LogP contribution in [0.25, 0.3) is 11.1 Å². The molecule has 0 aliphatic carbocycles. The molecule has 0 heterocycles. The van der Waals surface area contributed by atoms with Crippen LogP contribution in [0.15, 0.2) is 66.7 Å². The summed E-state index contributed by atoms with van der Waals surface area (Å²) in [6, 6.07) is 19.9. The van der Waals surface area contributed by atoms with Gasteiger partial charge < -0.3 is 5.43 Å². The molecule has 3 aromatic carbocycles. The molecule has 0 radical (unpaired) electrons. The van der Waals surface area contributed by atoms with Crippen LogP contribution in [0.2, 0.25) is 10.0 Å². The summed E-state index contributed by atoms with van der Waals surface area (Å²) in [5.74, 6) is -0.286. The van der Waals surface area contributed by atoms with Crippen molar-refractivity contribution in [3.8, 4) is 11.1 Å². The number of hydrazine groups is 1. The third-order valence-electron chi connectivity index (χ3n) is 3.53. The summed E-state index contributed by atoms with van der Waals surface area (Å²) >= 11 is 12.0. The van der Waals surface area contributed by atoms with Gasteiger partial charge in [-0.05, 0) is 47.5 Å². The summed E-state index contributed by atoms with van der Waals surface area (Å²) in [5, 5.41) is 1.05. The van der Waals surface area contributed by atoms with Gasteiger partial charge in [0.15, 0.2) is 0 Å². The smallest absolute Gasteiger partial charge is 0.128 e. The Labute approximate surface area is 150 Å². The monoisotopic (exact) mass is 360 g/mol. The average molecular weight is 361 g/mol. The van der Waals surface area contributed by atoms with E-state index in [9.17, 15) is 4.39 Å². The molecule has 2 N–H and O–H groups in total. The number of hydrogen-bond acceptors (Lipinski definition) is 2. The number of hydrogen-bond donors (Lipinski definition) is 2. The Morgan fingerprint density at radius 3 is 2.17 bits per heavy atom. The zero-order valence-corrected chi connectivity index (χ0v) is 14.2. The van der Waals surface area contributed by atoms with Gasteiger partial charge >= 0.3 is 0 Å². The first kappa shape index (κ1) is 16.8. The number of rotatable bonds is 5. The van der Waals surface area contributed by atoms with E-state index in [4.69, 9.17) is 23.2 Å². The van der Waals surface area contributed by atoms with E-state index >= 15 is 0 Å². The second kappa shape index (κ2) is 7.67. The van der Waals surface area contributed by atoms with Gasteiger partial charge in [-0.1, -0.05) is 53.5 Å². The van der Waals surface area contributed by atoms with Crippen LogP contribution in [0.4, 0.5) is 10.1 Å². The molecule has 0 saturated carbocycles. The van der Waals surface area contributed by atoms with Crippen molar-refractivity contribution < 1.29 is 4.39 Å². The Hall–Kier alpha value is -2.07. The molecular formula is C19H15Cl2FN2. The summed E-state index contributed by atoms with van der Waals surface area (Å²) in [6.45, 7) is 0.358. The van der Waals surface area contributed by atoms with Gasteiger partial charge in [0.1, 0.15) is 5.82 Å². The third kappa shape index (κ3) is 4.26. The largest absolute Gasteiger partial charge is 0.321 e. The van der Waals surface area contributed by atoms with Crippen LogP contribution in [0.1, 0.15) is 5.56 Å². The van der Waals surface area contributed by atoms with Gasteiger partial charge in [-0.25, -0.2) is 9.82 Å². The highest BCUT2D eigenvalue weighted by molar-refractivity contribution is 6.35. The molecule has 122 valence electrons. The number of para-hydroxylation sites is 1. The molecule has 0 aliphatic rings. The Bertz CT molecular complexity index is 818. The lowest BCUT2D eigenvalue weighted by Crippen LogP contribution is -2.21. The third-order valence-corrected chi connectivity index (χ3v) is 3.97. The summed E-state index contributed by atoms with van der Waals surface area (Å²) in [4.78, 5) is 0. The van der Waals surface area contributed by atoms with Crippen molar-refractivity contribution in [1.29, 1.82) is 0 Å². The maximum absolute atomic E-state index is 14.3. The Morgan fingerprint density at radius 2 is 1.50 bits per heavy atom. The van der Waals surface area contributed by atoms with Crippen molar-refractivity contribution in [2.75, 3.05) is 5.43 Å². The van der Waals surface area contributed by atoms with Crippen molar-refractivity contribution in [1.82, 2.24) is 5.43 Å². The van der Waals surface area contributed by atoms with E-state index in [1.807, 2.05) is 36.4 Å². The highest BCUT2D eigenvalue weighted by Crippen LogP contribution is 2.28. The van der Waals surface area contributed by atoms with Gasteiger partial charge in [0, 0.05) is 27.8 Å². The second-order valence-electron chi connectivity index (χ2n) is 5.31. The minimum atomic E-state index is -0.286. The molecule has 0 aromatic heterocycles. The van der Waals surface area contributed by atoms with Crippen LogP contribution in [0, 0.1) is 5.82 Å². The van der Waals surface area contributed by atoms with Crippen LogP contribution in [-0.4, -0.2) is 0 Å². The Kier molecular flexibility index (Phi) is 5.36. The molecule has 0 spiro atoms. The fraction of sp³-hybridized carbons (Fsp3) is 0.0526. The van der Waals surface area contributed by atoms with E-state index in [2.05, 4.69) is 10.9 Å². The minimum absolute atomic E-state index is 0.286. The molecule has 0 unspecified atom stereocenters. The first-order valence-electron chi connectivity index (χ1n) is 7.40. The predicted molar refractivity (Wildman–Crippen MR) is 98.8 cm³/mol. The number of anilines is 1. The van der Waals surface area contributed by atoms with E-state index in [1.54, 1.807) is 24.3 Å². The van der Waals surface area contributed by atoms with Gasteiger partial charge in [-0.15, -0.1) is 0 Å². The van der Waals surface area contributed by atoms with E-state index in [0.29, 0.717) is 22.2 Å². The normalized spacial score (nSPS) is 10.6. The quantitative estimate of drug-likeness (QED) is 0.552. The number of halogens is 3. The lowest BCUT2D eigenvalue weighted by molar-refractivity contribution is 0.600. The van der Waals surface area contributed by atoms with Gasteiger partial charge in [-0.3, -0.25) is 0 Å². The highest BCUT2D eigenvalue weighted by atomic mass is 35.5. The zero-order chi connectivity index (χ0) is 16.9. The lowest BCUT2D eigenvalue weighted by Gasteiger charge is -2.10. The minimum Gasteiger partial charge on any atom is -0.321 e. The maximum Gasteiger partial charge on any atom is 0.128 e. The Morgan fingerprint density at radius 1 is 0.792 bits per heavy atom. The summed E-state index contributed by atoms with van der Waals surface area (Å²) < 4.78 is 14.3. The molecule has 0 saturated heterocycles. The zero-order valence-electron chi connectivity index (χ0n) is 12.7. The maximum atomic E-state index is 14.3. The summed E-state index contributed by atoms with van der Waals surface area (Å²) in [6.07, 6.45) is 0. The van der Waals surface area contributed by atoms with E-state index < -0.39 is 0 Å². The molecule has 2 nitrogen and oxygen atoms in total. The molecule has 3 aromatic rings. The molecular weight excluding hydrogens is 346 g/mol. The predicted octanol–water partition coefficient (Wildman–Crippen LogP) is 5.92. The first-order valence-corrected chi connectivity index (χ1v) is 8.16. The fourth-order valence-corrected chi connectivity index (χ4v) is 2.88. The molecule has 24 heavy (non-hydrogen) atoms. The molecule has 0 fully saturated rings. The summed E-state index contributed by atoms with van der Waals surface area (Å²) in [5.41, 5.74) is 9.04. The van der Waals surface area contributed by atoms with Gasteiger partial charge in [-0.2, -0.15) is 0 Å². The van der Waals surface area contributed by atoms with Crippen molar-refractivity contribution in [2.45, 2.75) is 6.54 Å². The van der Waals surface area contributed by atoms with Crippen molar-refractivity contribution in [2.24, 2.45) is 0 Å². The lowest BCUT2D eigenvalue weighted by atomic mass is 10.0. The van der Waals surface area contributed by atoms with E-state index in [1.165, 1.54) is 6.07 Å². The van der Waals surface area contributed by atoms with Crippen LogP contribution in [-0.2, 0) is 6.54 Å². The van der Waals surface area contributed by atoms with E-state index in [0.717, 1.165) is 16.8 Å². The summed E-state index contributed by atoms with van der Waals surface area (Å²) in [7, 11) is 0. The van der Waals surface area contributed by atoms with Crippen LogP contribution in [0.5, 0.6) is 0 Å². The average Bonchev–Trinajstić information content (AvgIpc) is 2.56. The molecule has 0 aliphatic heterocycles. The number of benzene rings is 3. The highest BCUT2D eigenvalue weighted by Gasteiger charge is 2.07. The standard InChI is InChI=1S/C19H15Cl2FN2/c20-16-8-15(9-17(21)11-16)13-6-7-14(19(22)10-13)12-23-24-18-4-2-1-3-5-18/h1-11,23-24H,12H2. The Balaban J connectivity index is 1.70. The van der Waals surface area contributed by atoms with Gasteiger partial charge in [0.05, 0.1) is 0 Å². The molecule has 0 amide bonds. The van der Waals surface area contributed by atoms with Crippen LogP contribution >= 0.6 is 23.2 Å². The molecule has 0 atom stereocenters. The van der Waals surface area contributed by atoms with Crippen molar-refractivity contribution in [3.63, 3.8) is 0 Å². The van der Waals surface area contributed by atoms with E-state index in [-0.39, 0.29) is 5.82 Å². The van der Waals surface area contributed by atoms with Crippen LogP contribution in [0.3, 0.4) is 0 Å². The van der Waals surface area contributed by atoms with Crippen molar-refractivity contribution in [3.05, 3.63) is 88.2 Å². The van der Waals surface area contributed by atoms with Crippen LogP contribution < -0.4 is 10.9 Å². The van der Waals surface area contributed by atoms with Gasteiger partial charge in [0.2, 0.25) is 0 Å². The van der Waals surface area contributed by atoms with Crippen molar-refractivity contribution >= 4 is 28.9 Å². The molecule has 0 bridgehead atoms. The second-order valence-corrected chi connectivity index (χ2v) is 6.18. The topological polar surface area (TPSA) is 24.1 Å².